The maximum Gasteiger partial charge on any atom is 0.310 e. The van der Waals surface area contributed by atoms with Crippen molar-refractivity contribution >= 4 is 5.97 Å². The van der Waals surface area contributed by atoms with Crippen LogP contribution in [-0.2, 0) is 9.53 Å². The Balaban J connectivity index is 2.41. The molecule has 0 spiro atoms. The zero-order chi connectivity index (χ0) is 14.7. The Bertz CT molecular complexity index is 489. The molecule has 1 aliphatic heterocycles. The van der Waals surface area contributed by atoms with Gasteiger partial charge in [-0.15, -0.1) is 0 Å². The summed E-state index contributed by atoms with van der Waals surface area (Å²) in [5, 5.41) is 0. The van der Waals surface area contributed by atoms with Gasteiger partial charge in [-0.3, -0.25) is 4.79 Å². The van der Waals surface area contributed by atoms with E-state index in [1.54, 1.807) is 14.2 Å². The number of rotatable bonds is 4. The van der Waals surface area contributed by atoms with Crippen molar-refractivity contribution in [1.82, 2.24) is 4.90 Å². The van der Waals surface area contributed by atoms with Crippen molar-refractivity contribution in [2.75, 3.05) is 41.5 Å². The first-order valence-corrected chi connectivity index (χ1v) is 6.59. The second-order valence-electron chi connectivity index (χ2n) is 5.04. The molecule has 1 aromatic rings. The first-order valence-electron chi connectivity index (χ1n) is 6.59. The van der Waals surface area contributed by atoms with Gasteiger partial charge in [0.25, 0.3) is 0 Å². The van der Waals surface area contributed by atoms with E-state index in [4.69, 9.17) is 14.2 Å². The van der Waals surface area contributed by atoms with Gasteiger partial charge in [-0.25, -0.2) is 0 Å². The quantitative estimate of drug-likeness (QED) is 0.782. The average molecular weight is 279 g/mol. The maximum atomic E-state index is 12.0. The molecule has 5 nitrogen and oxygen atoms in total. The lowest BCUT2D eigenvalue weighted by Gasteiger charge is -2.20. The van der Waals surface area contributed by atoms with Crippen molar-refractivity contribution in [2.24, 2.45) is 5.92 Å². The van der Waals surface area contributed by atoms with Gasteiger partial charge in [0.2, 0.25) is 0 Å². The van der Waals surface area contributed by atoms with E-state index in [9.17, 15) is 4.79 Å². The summed E-state index contributed by atoms with van der Waals surface area (Å²) < 4.78 is 15.7. The molecule has 1 aromatic carbocycles. The Hall–Kier alpha value is -1.75. The molecule has 110 valence electrons. The summed E-state index contributed by atoms with van der Waals surface area (Å²) >= 11 is 0. The number of nitrogens with zero attached hydrogens (tertiary/aromatic N) is 1. The highest BCUT2D eigenvalue weighted by atomic mass is 16.5. The van der Waals surface area contributed by atoms with Gasteiger partial charge in [-0.2, -0.15) is 0 Å². The summed E-state index contributed by atoms with van der Waals surface area (Å²) in [4.78, 5) is 14.1. The molecule has 0 bridgehead atoms. The smallest absolute Gasteiger partial charge is 0.310 e. The number of hydrogen-bond donors (Lipinski definition) is 0. The van der Waals surface area contributed by atoms with Crippen LogP contribution in [-0.4, -0.2) is 52.3 Å². The van der Waals surface area contributed by atoms with Crippen molar-refractivity contribution in [3.05, 3.63) is 23.8 Å². The molecule has 0 N–H and O–H groups in total. The van der Waals surface area contributed by atoms with E-state index in [1.165, 1.54) is 7.11 Å². The summed E-state index contributed by atoms with van der Waals surface area (Å²) in [7, 11) is 6.66. The Morgan fingerprint density at radius 3 is 2.55 bits per heavy atom. The molecule has 0 saturated carbocycles. The van der Waals surface area contributed by atoms with Crippen LogP contribution < -0.4 is 9.47 Å². The zero-order valence-corrected chi connectivity index (χ0v) is 12.4. The number of methoxy groups -OCH3 is 3. The first kappa shape index (κ1) is 14.7. The van der Waals surface area contributed by atoms with Crippen LogP contribution in [0.25, 0.3) is 0 Å². The third-order valence-electron chi connectivity index (χ3n) is 3.84. The summed E-state index contributed by atoms with van der Waals surface area (Å²) in [6, 6.07) is 5.76. The van der Waals surface area contributed by atoms with E-state index >= 15 is 0 Å². The molecule has 0 radical (unpaired) electrons. The normalized spacial score (nSPS) is 22.6. The molecular weight excluding hydrogens is 258 g/mol. The van der Waals surface area contributed by atoms with Crippen LogP contribution in [0.4, 0.5) is 0 Å². The number of para-hydroxylation sites is 1. The molecule has 0 aliphatic carbocycles. The summed E-state index contributed by atoms with van der Waals surface area (Å²) in [5.41, 5.74) is 0.992. The van der Waals surface area contributed by atoms with E-state index in [1.807, 2.05) is 25.2 Å². The highest BCUT2D eigenvalue weighted by molar-refractivity contribution is 5.75. The molecule has 1 fully saturated rings. The molecule has 1 aliphatic rings. The van der Waals surface area contributed by atoms with Crippen LogP contribution >= 0.6 is 0 Å². The van der Waals surface area contributed by atoms with Gasteiger partial charge in [0, 0.05) is 24.6 Å². The fourth-order valence-corrected chi connectivity index (χ4v) is 2.91. The lowest BCUT2D eigenvalue weighted by atomic mass is 9.88. The van der Waals surface area contributed by atoms with Gasteiger partial charge in [-0.05, 0) is 13.1 Å². The number of esters is 1. The molecule has 1 heterocycles. The maximum absolute atomic E-state index is 12.0. The SMILES string of the molecule is COC(=O)C1CN(C)CC1c1cccc(OC)c1OC. The van der Waals surface area contributed by atoms with Crippen LogP contribution in [0.3, 0.4) is 0 Å². The minimum Gasteiger partial charge on any atom is -0.493 e. The van der Waals surface area contributed by atoms with E-state index in [2.05, 4.69) is 4.90 Å². The van der Waals surface area contributed by atoms with Crippen LogP contribution in [0.1, 0.15) is 11.5 Å². The van der Waals surface area contributed by atoms with Crippen molar-refractivity contribution in [1.29, 1.82) is 0 Å². The molecule has 2 unspecified atom stereocenters. The summed E-state index contributed by atoms with van der Waals surface area (Å²) in [6.07, 6.45) is 0. The van der Waals surface area contributed by atoms with E-state index in [-0.39, 0.29) is 17.8 Å². The minimum absolute atomic E-state index is 0.0532. The lowest BCUT2D eigenvalue weighted by Crippen LogP contribution is -2.23. The highest BCUT2D eigenvalue weighted by Gasteiger charge is 2.39. The number of ether oxygens (including phenoxy) is 3. The highest BCUT2D eigenvalue weighted by Crippen LogP contribution is 2.41. The Kier molecular flexibility index (Phi) is 4.49. The predicted octanol–water partition coefficient (Wildman–Crippen LogP) is 1.52. The lowest BCUT2D eigenvalue weighted by molar-refractivity contribution is -0.145. The Morgan fingerprint density at radius 2 is 1.95 bits per heavy atom. The molecule has 20 heavy (non-hydrogen) atoms. The number of carbonyl (C=O) groups is 1. The molecule has 0 amide bonds. The van der Waals surface area contributed by atoms with Gasteiger partial charge in [-0.1, -0.05) is 12.1 Å². The van der Waals surface area contributed by atoms with Gasteiger partial charge in [0.1, 0.15) is 0 Å². The number of benzene rings is 1. The molecule has 0 aromatic heterocycles. The predicted molar refractivity (Wildman–Crippen MR) is 75.3 cm³/mol. The zero-order valence-electron chi connectivity index (χ0n) is 12.4. The molecule has 5 heteroatoms. The second-order valence-corrected chi connectivity index (χ2v) is 5.04. The van der Waals surface area contributed by atoms with Gasteiger partial charge < -0.3 is 19.1 Å². The Morgan fingerprint density at radius 1 is 1.20 bits per heavy atom. The number of hydrogen-bond acceptors (Lipinski definition) is 5. The van der Waals surface area contributed by atoms with Crippen LogP contribution in [0.2, 0.25) is 0 Å². The molecule has 2 atom stereocenters. The Labute approximate surface area is 119 Å². The van der Waals surface area contributed by atoms with Gasteiger partial charge in [0.05, 0.1) is 27.2 Å². The third kappa shape index (κ3) is 2.58. The van der Waals surface area contributed by atoms with Crippen molar-refractivity contribution in [3.8, 4) is 11.5 Å². The van der Waals surface area contributed by atoms with Crippen molar-refractivity contribution in [3.63, 3.8) is 0 Å². The number of carbonyl (C=O) groups excluding carboxylic acids is 1. The standard InChI is InChI=1S/C15H21NO4/c1-16-8-11(12(9-16)15(17)20-4)10-6-5-7-13(18-2)14(10)19-3/h5-7,11-12H,8-9H2,1-4H3. The van der Waals surface area contributed by atoms with E-state index in [0.29, 0.717) is 18.0 Å². The summed E-state index contributed by atoms with van der Waals surface area (Å²) in [6.45, 7) is 1.49. The van der Waals surface area contributed by atoms with E-state index < -0.39 is 0 Å². The monoisotopic (exact) mass is 279 g/mol. The minimum atomic E-state index is -0.177. The van der Waals surface area contributed by atoms with E-state index in [0.717, 1.165) is 12.1 Å². The number of likely N-dealkylation sites (N-methyl/N-ethyl adjacent to an activating group) is 1. The topological polar surface area (TPSA) is 48.0 Å². The van der Waals surface area contributed by atoms with Gasteiger partial charge >= 0.3 is 5.97 Å². The fraction of sp³-hybridized carbons (Fsp3) is 0.533. The van der Waals surface area contributed by atoms with Crippen LogP contribution in [0.15, 0.2) is 18.2 Å². The van der Waals surface area contributed by atoms with Crippen molar-refractivity contribution in [2.45, 2.75) is 5.92 Å². The largest absolute Gasteiger partial charge is 0.493 e. The fourth-order valence-electron chi connectivity index (χ4n) is 2.91. The summed E-state index contributed by atoms with van der Waals surface area (Å²) in [5.74, 6) is 1.08. The molecular formula is C15H21NO4. The van der Waals surface area contributed by atoms with Crippen LogP contribution in [0.5, 0.6) is 11.5 Å². The molecule has 2 rings (SSSR count). The molecule has 1 saturated heterocycles. The first-order chi connectivity index (χ1) is 9.62. The third-order valence-corrected chi connectivity index (χ3v) is 3.84. The second kappa shape index (κ2) is 6.13. The van der Waals surface area contributed by atoms with Gasteiger partial charge in [0.15, 0.2) is 11.5 Å². The van der Waals surface area contributed by atoms with Crippen molar-refractivity contribution < 1.29 is 19.0 Å². The van der Waals surface area contributed by atoms with Crippen LogP contribution in [0, 0.1) is 5.92 Å². The average Bonchev–Trinajstić information content (AvgIpc) is 2.87. The number of likely N-dealkylation sites (tertiary alicyclic amines) is 1.